The van der Waals surface area contributed by atoms with Crippen molar-refractivity contribution in [3.63, 3.8) is 0 Å². The van der Waals surface area contributed by atoms with Gasteiger partial charge in [-0.2, -0.15) is 0 Å². The van der Waals surface area contributed by atoms with Crippen LogP contribution < -0.4 is 15.8 Å². The Morgan fingerprint density at radius 1 is 1.23 bits per heavy atom. The second-order valence-corrected chi connectivity index (χ2v) is 5.08. The highest BCUT2D eigenvalue weighted by Gasteiger charge is 2.02. The molecule has 0 aliphatic rings. The number of benzene rings is 1. The number of rotatable bonds is 12. The Kier molecular flexibility index (Phi) is 8.83. The molecular formula is C16H26N2O4. The van der Waals surface area contributed by atoms with Gasteiger partial charge in [-0.1, -0.05) is 0 Å². The average molecular weight is 310 g/mol. The molecule has 0 saturated heterocycles. The molecule has 124 valence electrons. The molecule has 0 aliphatic heterocycles. The quantitative estimate of drug-likeness (QED) is 0.406. The van der Waals surface area contributed by atoms with Gasteiger partial charge >= 0.3 is 5.97 Å². The largest absolute Gasteiger partial charge is 0.494 e. The normalized spacial score (nSPS) is 10.4. The molecule has 0 radical (unpaired) electrons. The highest BCUT2D eigenvalue weighted by atomic mass is 16.5. The fraction of sp³-hybridized carbons (Fsp3) is 0.562. The minimum absolute atomic E-state index is 0.220. The van der Waals surface area contributed by atoms with Gasteiger partial charge in [-0.3, -0.25) is 4.79 Å². The third kappa shape index (κ3) is 7.73. The summed E-state index contributed by atoms with van der Waals surface area (Å²) in [4.78, 5) is 10.4. The Hall–Kier alpha value is -1.95. The molecule has 1 rings (SSSR count). The Bertz CT molecular complexity index is 452. The zero-order valence-electron chi connectivity index (χ0n) is 13.1. The van der Waals surface area contributed by atoms with Gasteiger partial charge in [0, 0.05) is 32.7 Å². The van der Waals surface area contributed by atoms with Crippen LogP contribution in [0.15, 0.2) is 18.2 Å². The molecule has 22 heavy (non-hydrogen) atoms. The maximum atomic E-state index is 10.4. The van der Waals surface area contributed by atoms with Crippen LogP contribution in [0.25, 0.3) is 0 Å². The van der Waals surface area contributed by atoms with Crippen molar-refractivity contribution >= 4 is 17.3 Å². The van der Waals surface area contributed by atoms with Crippen molar-refractivity contribution in [1.82, 2.24) is 0 Å². The molecule has 0 saturated carbocycles. The van der Waals surface area contributed by atoms with E-state index < -0.39 is 5.97 Å². The lowest BCUT2D eigenvalue weighted by Gasteiger charge is -2.12. The van der Waals surface area contributed by atoms with Crippen molar-refractivity contribution in [3.05, 3.63) is 18.2 Å². The molecule has 1 aromatic carbocycles. The van der Waals surface area contributed by atoms with E-state index in [1.165, 1.54) is 0 Å². The Labute approximate surface area is 131 Å². The summed E-state index contributed by atoms with van der Waals surface area (Å²) in [6, 6.07) is 5.55. The van der Waals surface area contributed by atoms with Gasteiger partial charge in [-0.05, 0) is 37.8 Å². The van der Waals surface area contributed by atoms with E-state index in [4.69, 9.17) is 20.3 Å². The summed E-state index contributed by atoms with van der Waals surface area (Å²) in [5.41, 5.74) is 7.47. The summed E-state index contributed by atoms with van der Waals surface area (Å²) < 4.78 is 10.7. The number of anilines is 2. The van der Waals surface area contributed by atoms with Crippen LogP contribution in [0.3, 0.4) is 0 Å². The van der Waals surface area contributed by atoms with Gasteiger partial charge in [-0.15, -0.1) is 0 Å². The minimum Gasteiger partial charge on any atom is -0.494 e. The molecule has 0 unspecified atom stereocenters. The van der Waals surface area contributed by atoms with Crippen LogP contribution in [0.1, 0.15) is 32.1 Å². The zero-order chi connectivity index (χ0) is 16.2. The minimum atomic E-state index is -0.747. The lowest BCUT2D eigenvalue weighted by molar-refractivity contribution is -0.137. The number of nitrogens with one attached hydrogen (secondary N) is 1. The molecule has 0 aromatic heterocycles. The highest BCUT2D eigenvalue weighted by Crippen LogP contribution is 2.24. The number of hydrogen-bond acceptors (Lipinski definition) is 5. The van der Waals surface area contributed by atoms with Crippen molar-refractivity contribution in [2.75, 3.05) is 37.9 Å². The maximum absolute atomic E-state index is 10.4. The first-order valence-electron chi connectivity index (χ1n) is 7.60. The number of methoxy groups -OCH3 is 1. The fourth-order valence-corrected chi connectivity index (χ4v) is 1.96. The number of nitrogen functional groups attached to an aromatic ring is 1. The Balaban J connectivity index is 2.30. The van der Waals surface area contributed by atoms with E-state index >= 15 is 0 Å². The van der Waals surface area contributed by atoms with Gasteiger partial charge in [0.15, 0.2) is 0 Å². The molecule has 0 fully saturated rings. The summed E-state index contributed by atoms with van der Waals surface area (Å²) in [6.45, 7) is 2.07. The van der Waals surface area contributed by atoms with Gasteiger partial charge in [0.25, 0.3) is 0 Å². The molecule has 0 amide bonds. The van der Waals surface area contributed by atoms with Gasteiger partial charge in [0.05, 0.1) is 18.0 Å². The van der Waals surface area contributed by atoms with Crippen LogP contribution >= 0.6 is 0 Å². The summed E-state index contributed by atoms with van der Waals surface area (Å²) in [5, 5.41) is 11.8. The highest BCUT2D eigenvalue weighted by molar-refractivity contribution is 5.68. The monoisotopic (exact) mass is 310 g/mol. The van der Waals surface area contributed by atoms with Gasteiger partial charge in [0.2, 0.25) is 0 Å². The molecule has 6 heteroatoms. The van der Waals surface area contributed by atoms with Crippen LogP contribution in [0, 0.1) is 0 Å². The molecule has 0 spiro atoms. The molecule has 6 nitrogen and oxygen atoms in total. The van der Waals surface area contributed by atoms with Crippen LogP contribution in [0.4, 0.5) is 11.4 Å². The van der Waals surface area contributed by atoms with Gasteiger partial charge in [-0.25, -0.2) is 0 Å². The number of ether oxygens (including phenoxy) is 2. The topological polar surface area (TPSA) is 93.8 Å². The predicted octanol–water partition coefficient (Wildman–Crippen LogP) is 2.74. The van der Waals surface area contributed by atoms with E-state index in [1.807, 2.05) is 18.2 Å². The molecule has 0 heterocycles. The third-order valence-corrected chi connectivity index (χ3v) is 3.17. The van der Waals surface area contributed by atoms with Crippen molar-refractivity contribution in [2.24, 2.45) is 0 Å². The summed E-state index contributed by atoms with van der Waals surface area (Å²) in [7, 11) is 1.68. The van der Waals surface area contributed by atoms with Crippen molar-refractivity contribution in [1.29, 1.82) is 0 Å². The lowest BCUT2D eigenvalue weighted by atomic mass is 10.2. The SMILES string of the molecule is COCCCNc1cc(OCCCCCC(=O)O)ccc1N. The first-order valence-corrected chi connectivity index (χ1v) is 7.60. The number of carboxylic acids is 1. The second-order valence-electron chi connectivity index (χ2n) is 5.08. The molecule has 1 aromatic rings. The molecule has 0 bridgehead atoms. The van der Waals surface area contributed by atoms with E-state index in [0.29, 0.717) is 25.3 Å². The lowest BCUT2D eigenvalue weighted by Crippen LogP contribution is -2.07. The smallest absolute Gasteiger partial charge is 0.303 e. The molecule has 0 aliphatic carbocycles. The van der Waals surface area contributed by atoms with Gasteiger partial charge < -0.3 is 25.6 Å². The number of carboxylic acid groups (broad SMARTS) is 1. The number of hydrogen-bond donors (Lipinski definition) is 3. The van der Waals surface area contributed by atoms with E-state index in [-0.39, 0.29) is 6.42 Å². The van der Waals surface area contributed by atoms with Gasteiger partial charge in [0.1, 0.15) is 5.75 Å². The zero-order valence-corrected chi connectivity index (χ0v) is 13.1. The van der Waals surface area contributed by atoms with Crippen molar-refractivity contribution in [3.8, 4) is 5.75 Å². The summed E-state index contributed by atoms with van der Waals surface area (Å²) >= 11 is 0. The maximum Gasteiger partial charge on any atom is 0.303 e. The summed E-state index contributed by atoms with van der Waals surface area (Å²) in [5.74, 6) is 0.0188. The van der Waals surface area contributed by atoms with Crippen LogP contribution in [-0.4, -0.2) is 37.9 Å². The third-order valence-electron chi connectivity index (χ3n) is 3.17. The Morgan fingerprint density at radius 2 is 2.05 bits per heavy atom. The van der Waals surface area contributed by atoms with Crippen molar-refractivity contribution in [2.45, 2.75) is 32.1 Å². The number of nitrogens with two attached hydrogens (primary N) is 1. The van der Waals surface area contributed by atoms with E-state index in [2.05, 4.69) is 5.32 Å². The van der Waals surface area contributed by atoms with E-state index in [9.17, 15) is 4.79 Å². The number of aliphatic carboxylic acids is 1. The second kappa shape index (κ2) is 10.7. The van der Waals surface area contributed by atoms with Crippen LogP contribution in [0.5, 0.6) is 5.75 Å². The molecular weight excluding hydrogens is 284 g/mol. The van der Waals surface area contributed by atoms with Crippen molar-refractivity contribution < 1.29 is 19.4 Å². The first-order chi connectivity index (χ1) is 10.6. The molecule has 4 N–H and O–H groups in total. The average Bonchev–Trinajstić information content (AvgIpc) is 2.49. The van der Waals surface area contributed by atoms with E-state index in [0.717, 1.165) is 37.2 Å². The summed E-state index contributed by atoms with van der Waals surface area (Å²) in [6.07, 6.45) is 3.51. The first kappa shape index (κ1) is 18.1. The standard InChI is InChI=1S/C16H26N2O4/c1-21-10-5-9-18-15-12-13(7-8-14(15)17)22-11-4-2-3-6-16(19)20/h7-8,12,18H,2-6,9-11,17H2,1H3,(H,19,20). The van der Waals surface area contributed by atoms with Crippen LogP contribution in [0.2, 0.25) is 0 Å². The van der Waals surface area contributed by atoms with Crippen LogP contribution in [-0.2, 0) is 9.53 Å². The fourth-order valence-electron chi connectivity index (χ4n) is 1.96. The molecule has 0 atom stereocenters. The number of unbranched alkanes of at least 4 members (excludes halogenated alkanes) is 2. The Morgan fingerprint density at radius 3 is 2.77 bits per heavy atom. The predicted molar refractivity (Wildman–Crippen MR) is 87.4 cm³/mol. The van der Waals surface area contributed by atoms with E-state index in [1.54, 1.807) is 7.11 Å². The number of carbonyl (C=O) groups is 1.